The van der Waals surface area contributed by atoms with Crippen molar-refractivity contribution in [2.75, 3.05) is 18.4 Å². The molecule has 0 unspecified atom stereocenters. The van der Waals surface area contributed by atoms with Crippen LogP contribution in [0, 0.1) is 6.92 Å². The van der Waals surface area contributed by atoms with Crippen molar-refractivity contribution in [1.82, 2.24) is 4.90 Å². The fourth-order valence-corrected chi connectivity index (χ4v) is 2.22. The molecule has 2 N–H and O–H groups in total. The van der Waals surface area contributed by atoms with Crippen LogP contribution in [0.25, 0.3) is 0 Å². The molecule has 0 radical (unpaired) electrons. The fourth-order valence-electron chi connectivity index (χ4n) is 2.22. The predicted octanol–water partition coefficient (Wildman–Crippen LogP) is 1.71. The van der Waals surface area contributed by atoms with Gasteiger partial charge >= 0.3 is 5.97 Å². The maximum absolute atomic E-state index is 12.4. The zero-order valence-corrected chi connectivity index (χ0v) is 10.8. The number of carboxylic acid groups (broad SMARTS) is 1. The molecule has 1 aliphatic heterocycles. The summed E-state index contributed by atoms with van der Waals surface area (Å²) in [5.74, 6) is -1.46. The second-order valence-electron chi connectivity index (χ2n) is 4.65. The zero-order chi connectivity index (χ0) is 14.9. The number of rotatable bonds is 5. The van der Waals surface area contributed by atoms with E-state index in [9.17, 15) is 18.4 Å². The molecule has 0 spiro atoms. The van der Waals surface area contributed by atoms with Crippen molar-refractivity contribution in [2.45, 2.75) is 19.9 Å². The smallest absolute Gasteiger partial charge is 0.322 e. The molecule has 7 heteroatoms. The normalized spacial score (nSPS) is 13.8. The number of aliphatic carboxylic acids is 1. The van der Waals surface area contributed by atoms with Gasteiger partial charge in [0.25, 0.3) is 12.3 Å². The Morgan fingerprint density at radius 1 is 1.50 bits per heavy atom. The van der Waals surface area contributed by atoms with E-state index in [4.69, 9.17) is 5.11 Å². The van der Waals surface area contributed by atoms with E-state index in [0.717, 1.165) is 10.5 Å². The lowest BCUT2D eigenvalue weighted by Gasteiger charge is -2.14. The number of anilines is 1. The van der Waals surface area contributed by atoms with E-state index in [1.165, 1.54) is 6.07 Å². The third-order valence-electron chi connectivity index (χ3n) is 3.12. The first kappa shape index (κ1) is 14.2. The Balaban J connectivity index is 2.23. The number of hydrogen-bond donors (Lipinski definition) is 2. The molecule has 20 heavy (non-hydrogen) atoms. The molecule has 5 nitrogen and oxygen atoms in total. The zero-order valence-electron chi connectivity index (χ0n) is 10.8. The lowest BCUT2D eigenvalue weighted by atomic mass is 10.0. The van der Waals surface area contributed by atoms with Gasteiger partial charge in [-0.05, 0) is 24.1 Å². The Labute approximate surface area is 114 Å². The summed E-state index contributed by atoms with van der Waals surface area (Å²) in [7, 11) is 0. The number of hydrogen-bond acceptors (Lipinski definition) is 3. The number of nitrogens with one attached hydrogen (secondary N) is 1. The molecule has 0 bridgehead atoms. The number of carbonyl (C=O) groups excluding carboxylic acids is 1. The molecule has 0 saturated carbocycles. The summed E-state index contributed by atoms with van der Waals surface area (Å²) in [5.41, 5.74) is 2.34. The van der Waals surface area contributed by atoms with Gasteiger partial charge in [-0.25, -0.2) is 8.78 Å². The number of carboxylic acids is 1. The third-order valence-corrected chi connectivity index (χ3v) is 3.12. The van der Waals surface area contributed by atoms with E-state index in [0.29, 0.717) is 16.8 Å². The monoisotopic (exact) mass is 284 g/mol. The minimum atomic E-state index is -2.57. The summed E-state index contributed by atoms with van der Waals surface area (Å²) in [6.07, 6.45) is -2.57. The first-order chi connectivity index (χ1) is 9.38. The van der Waals surface area contributed by atoms with Gasteiger partial charge in [-0.15, -0.1) is 0 Å². The van der Waals surface area contributed by atoms with Crippen LogP contribution < -0.4 is 5.32 Å². The first-order valence-electron chi connectivity index (χ1n) is 6.05. The molecule has 1 aromatic rings. The van der Waals surface area contributed by atoms with E-state index in [1.54, 1.807) is 13.0 Å². The SMILES string of the molecule is Cc1cc2c(cc1NCC(=O)O)C(=O)N(CC(F)F)C2. The van der Waals surface area contributed by atoms with Gasteiger partial charge in [-0.2, -0.15) is 0 Å². The summed E-state index contributed by atoms with van der Waals surface area (Å²) in [6.45, 7) is 1.07. The van der Waals surface area contributed by atoms with Crippen LogP contribution in [-0.2, 0) is 11.3 Å². The average Bonchev–Trinajstić information content (AvgIpc) is 2.62. The topological polar surface area (TPSA) is 69.6 Å². The molecular formula is C13H14F2N2O3. The molecule has 1 amide bonds. The number of carbonyl (C=O) groups is 2. The first-order valence-corrected chi connectivity index (χ1v) is 6.05. The van der Waals surface area contributed by atoms with Crippen molar-refractivity contribution < 1.29 is 23.5 Å². The summed E-state index contributed by atoms with van der Waals surface area (Å²) < 4.78 is 24.8. The quantitative estimate of drug-likeness (QED) is 0.863. The van der Waals surface area contributed by atoms with Crippen molar-refractivity contribution in [3.63, 3.8) is 0 Å². The molecule has 1 heterocycles. The lowest BCUT2D eigenvalue weighted by Crippen LogP contribution is -2.29. The van der Waals surface area contributed by atoms with E-state index >= 15 is 0 Å². The number of benzene rings is 1. The third kappa shape index (κ3) is 2.87. The summed E-state index contributed by atoms with van der Waals surface area (Å²) in [6, 6.07) is 3.25. The number of fused-ring (bicyclic) bond motifs is 1. The van der Waals surface area contributed by atoms with E-state index < -0.39 is 24.8 Å². The van der Waals surface area contributed by atoms with Crippen LogP contribution in [0.1, 0.15) is 21.5 Å². The van der Waals surface area contributed by atoms with Crippen LogP contribution in [0.2, 0.25) is 0 Å². The number of nitrogens with zero attached hydrogens (tertiary/aromatic N) is 1. The van der Waals surface area contributed by atoms with E-state index in [2.05, 4.69) is 5.32 Å². The van der Waals surface area contributed by atoms with Gasteiger partial charge in [0.2, 0.25) is 0 Å². The van der Waals surface area contributed by atoms with Crippen molar-refractivity contribution >= 4 is 17.6 Å². The summed E-state index contributed by atoms with van der Waals surface area (Å²) in [4.78, 5) is 23.6. The standard InChI is InChI=1S/C13H14F2N2O3/c1-7-2-8-5-17(6-11(14)15)13(20)9(8)3-10(7)16-4-12(18)19/h2-3,11,16H,4-6H2,1H3,(H,18,19). The summed E-state index contributed by atoms with van der Waals surface area (Å²) in [5, 5.41) is 11.3. The highest BCUT2D eigenvalue weighted by molar-refractivity contribution is 5.99. The van der Waals surface area contributed by atoms with Crippen LogP contribution in [0.3, 0.4) is 0 Å². The number of aryl methyl sites for hydroxylation is 1. The second-order valence-corrected chi connectivity index (χ2v) is 4.65. The van der Waals surface area contributed by atoms with Gasteiger partial charge in [0, 0.05) is 17.8 Å². The Bertz CT molecular complexity index is 561. The van der Waals surface area contributed by atoms with Gasteiger partial charge in [0.05, 0.1) is 6.54 Å². The minimum Gasteiger partial charge on any atom is -0.480 e. The van der Waals surface area contributed by atoms with Gasteiger partial charge < -0.3 is 15.3 Å². The molecular weight excluding hydrogens is 270 g/mol. The highest BCUT2D eigenvalue weighted by atomic mass is 19.3. The Kier molecular flexibility index (Phi) is 3.87. The molecule has 1 aliphatic rings. The van der Waals surface area contributed by atoms with Crippen LogP contribution >= 0.6 is 0 Å². The van der Waals surface area contributed by atoms with Gasteiger partial charge in [0.15, 0.2) is 0 Å². The Hall–Kier alpha value is -2.18. The number of halogens is 2. The molecule has 0 aromatic heterocycles. The number of amides is 1. The number of alkyl halides is 2. The maximum Gasteiger partial charge on any atom is 0.322 e. The second kappa shape index (κ2) is 5.44. The minimum absolute atomic E-state index is 0.165. The Morgan fingerprint density at radius 2 is 2.20 bits per heavy atom. The molecule has 0 saturated heterocycles. The maximum atomic E-state index is 12.4. The van der Waals surface area contributed by atoms with Crippen LogP contribution in [0.15, 0.2) is 12.1 Å². The molecule has 0 fully saturated rings. The molecule has 1 aromatic carbocycles. The van der Waals surface area contributed by atoms with Crippen LogP contribution in [-0.4, -0.2) is 41.4 Å². The van der Waals surface area contributed by atoms with Crippen molar-refractivity contribution in [2.24, 2.45) is 0 Å². The molecule has 2 rings (SSSR count). The predicted molar refractivity (Wildman–Crippen MR) is 68.0 cm³/mol. The highest BCUT2D eigenvalue weighted by Crippen LogP contribution is 2.28. The van der Waals surface area contributed by atoms with Crippen molar-refractivity contribution in [3.05, 3.63) is 28.8 Å². The average molecular weight is 284 g/mol. The lowest BCUT2D eigenvalue weighted by molar-refractivity contribution is -0.134. The van der Waals surface area contributed by atoms with Crippen molar-refractivity contribution in [3.8, 4) is 0 Å². The van der Waals surface area contributed by atoms with E-state index in [1.807, 2.05) is 0 Å². The van der Waals surface area contributed by atoms with Crippen LogP contribution in [0.5, 0.6) is 0 Å². The fraction of sp³-hybridized carbons (Fsp3) is 0.385. The van der Waals surface area contributed by atoms with Crippen LogP contribution in [0.4, 0.5) is 14.5 Å². The summed E-state index contributed by atoms with van der Waals surface area (Å²) >= 11 is 0. The van der Waals surface area contributed by atoms with Gasteiger partial charge in [-0.1, -0.05) is 6.07 Å². The van der Waals surface area contributed by atoms with Crippen molar-refractivity contribution in [1.29, 1.82) is 0 Å². The van der Waals surface area contributed by atoms with Gasteiger partial charge in [-0.3, -0.25) is 9.59 Å². The highest BCUT2D eigenvalue weighted by Gasteiger charge is 2.30. The molecule has 0 aliphatic carbocycles. The molecule has 108 valence electrons. The van der Waals surface area contributed by atoms with Gasteiger partial charge in [0.1, 0.15) is 6.54 Å². The Morgan fingerprint density at radius 3 is 2.80 bits per heavy atom. The van der Waals surface area contributed by atoms with E-state index in [-0.39, 0.29) is 13.1 Å². The molecule has 0 atom stereocenters. The largest absolute Gasteiger partial charge is 0.480 e.